The van der Waals surface area contributed by atoms with Gasteiger partial charge in [-0.25, -0.2) is 9.97 Å². The third-order valence-corrected chi connectivity index (χ3v) is 4.53. The van der Waals surface area contributed by atoms with Gasteiger partial charge in [0.15, 0.2) is 5.82 Å². The van der Waals surface area contributed by atoms with Crippen LogP contribution in [0.4, 0.5) is 0 Å². The number of hydrogen-bond donors (Lipinski definition) is 0. The molecule has 1 aromatic carbocycles. The summed E-state index contributed by atoms with van der Waals surface area (Å²) in [4.78, 5) is 23.4. The first-order chi connectivity index (χ1) is 11.7. The highest BCUT2D eigenvalue weighted by Gasteiger charge is 2.28. The molecule has 3 aromatic rings. The first-order valence-electron chi connectivity index (χ1n) is 8.07. The highest BCUT2D eigenvalue weighted by atomic mass is 16.2. The molecule has 4 rings (SSSR count). The molecule has 3 heterocycles. The van der Waals surface area contributed by atoms with Gasteiger partial charge in [0.2, 0.25) is 0 Å². The van der Waals surface area contributed by atoms with Crippen LogP contribution in [0.15, 0.2) is 61.1 Å². The van der Waals surface area contributed by atoms with Crippen molar-refractivity contribution in [1.82, 2.24) is 19.4 Å². The van der Waals surface area contributed by atoms with Crippen LogP contribution < -0.4 is 0 Å². The molecule has 0 saturated carbocycles. The van der Waals surface area contributed by atoms with E-state index in [2.05, 4.69) is 33.7 Å². The largest absolute Gasteiger partial charge is 0.348 e. The average Bonchev–Trinajstić information content (AvgIpc) is 3.12. The molecule has 5 nitrogen and oxygen atoms in total. The Morgan fingerprint density at radius 3 is 2.54 bits per heavy atom. The van der Waals surface area contributed by atoms with Gasteiger partial charge >= 0.3 is 0 Å². The van der Waals surface area contributed by atoms with Crippen molar-refractivity contribution in [3.8, 4) is 11.4 Å². The standard InChI is InChI=1S/C19H18N4O/c1-14-17-8-5-9-22(17)10-11-23(14)19(24)16-12-20-18(21-13-16)15-6-3-2-4-7-15/h2-9,12-14H,10-11H2,1H3/t14-/m1/s1. The second-order valence-electron chi connectivity index (χ2n) is 5.96. The Morgan fingerprint density at radius 2 is 1.79 bits per heavy atom. The van der Waals surface area contributed by atoms with Crippen LogP contribution >= 0.6 is 0 Å². The van der Waals surface area contributed by atoms with Crippen molar-refractivity contribution in [2.45, 2.75) is 19.5 Å². The van der Waals surface area contributed by atoms with E-state index in [0.29, 0.717) is 17.9 Å². The number of carbonyl (C=O) groups excluding carboxylic acids is 1. The summed E-state index contributed by atoms with van der Waals surface area (Å²) in [6.07, 6.45) is 5.31. The summed E-state index contributed by atoms with van der Waals surface area (Å²) in [6.45, 7) is 3.57. The van der Waals surface area contributed by atoms with Gasteiger partial charge in [-0.15, -0.1) is 0 Å². The second kappa shape index (κ2) is 5.92. The van der Waals surface area contributed by atoms with Crippen LogP contribution in [-0.2, 0) is 6.54 Å². The summed E-state index contributed by atoms with van der Waals surface area (Å²) in [5.74, 6) is 0.613. The predicted molar refractivity (Wildman–Crippen MR) is 91.4 cm³/mol. The van der Waals surface area contributed by atoms with E-state index in [1.165, 1.54) is 0 Å². The molecule has 120 valence electrons. The van der Waals surface area contributed by atoms with Gasteiger partial charge < -0.3 is 9.47 Å². The molecular formula is C19H18N4O. The maximum atomic E-state index is 12.8. The lowest BCUT2D eigenvalue weighted by molar-refractivity contribution is 0.0643. The first-order valence-corrected chi connectivity index (χ1v) is 8.07. The Hall–Kier alpha value is -2.95. The van der Waals surface area contributed by atoms with Gasteiger partial charge in [0.05, 0.1) is 11.6 Å². The molecule has 1 aliphatic rings. The third kappa shape index (κ3) is 2.48. The molecule has 0 fully saturated rings. The molecule has 0 saturated heterocycles. The van der Waals surface area contributed by atoms with Gasteiger partial charge in [-0.2, -0.15) is 0 Å². The summed E-state index contributed by atoms with van der Waals surface area (Å²) in [6, 6.07) is 13.9. The van der Waals surface area contributed by atoms with Crippen LogP contribution in [0.25, 0.3) is 11.4 Å². The maximum Gasteiger partial charge on any atom is 0.257 e. The maximum absolute atomic E-state index is 12.8. The Bertz CT molecular complexity index is 855. The van der Waals surface area contributed by atoms with Crippen molar-refractivity contribution < 1.29 is 4.79 Å². The zero-order chi connectivity index (χ0) is 16.5. The monoisotopic (exact) mass is 318 g/mol. The van der Waals surface area contributed by atoms with E-state index in [9.17, 15) is 4.79 Å². The fraction of sp³-hybridized carbons (Fsp3) is 0.211. The van der Waals surface area contributed by atoms with Crippen LogP contribution in [0.2, 0.25) is 0 Å². The highest BCUT2D eigenvalue weighted by molar-refractivity contribution is 5.94. The number of benzene rings is 1. The highest BCUT2D eigenvalue weighted by Crippen LogP contribution is 2.26. The van der Waals surface area contributed by atoms with Crippen LogP contribution in [0, 0.1) is 0 Å². The van der Waals surface area contributed by atoms with E-state index in [0.717, 1.165) is 17.8 Å². The number of fused-ring (bicyclic) bond motifs is 1. The van der Waals surface area contributed by atoms with Crippen molar-refractivity contribution in [3.63, 3.8) is 0 Å². The quantitative estimate of drug-likeness (QED) is 0.729. The zero-order valence-electron chi connectivity index (χ0n) is 13.5. The number of rotatable bonds is 2. The Labute approximate surface area is 140 Å². The Kier molecular flexibility index (Phi) is 3.61. The van der Waals surface area contributed by atoms with E-state index < -0.39 is 0 Å². The van der Waals surface area contributed by atoms with E-state index in [1.54, 1.807) is 12.4 Å². The summed E-state index contributed by atoms with van der Waals surface area (Å²) < 4.78 is 2.20. The second-order valence-corrected chi connectivity index (χ2v) is 5.96. The normalized spacial score (nSPS) is 16.7. The number of amides is 1. The molecule has 0 spiro atoms. The fourth-order valence-electron chi connectivity index (χ4n) is 3.20. The molecular weight excluding hydrogens is 300 g/mol. The van der Waals surface area contributed by atoms with Crippen molar-refractivity contribution in [2.75, 3.05) is 6.54 Å². The minimum atomic E-state index is -0.0189. The fourth-order valence-corrected chi connectivity index (χ4v) is 3.20. The molecule has 0 bridgehead atoms. The predicted octanol–water partition coefficient (Wildman–Crippen LogP) is 3.16. The zero-order valence-corrected chi connectivity index (χ0v) is 13.5. The molecule has 24 heavy (non-hydrogen) atoms. The first kappa shape index (κ1) is 14.6. The van der Waals surface area contributed by atoms with Crippen LogP contribution in [-0.4, -0.2) is 31.9 Å². The van der Waals surface area contributed by atoms with Gasteiger partial charge in [0.25, 0.3) is 5.91 Å². The van der Waals surface area contributed by atoms with Gasteiger partial charge in [-0.05, 0) is 19.1 Å². The summed E-state index contributed by atoms with van der Waals surface area (Å²) in [5.41, 5.74) is 2.64. The summed E-state index contributed by atoms with van der Waals surface area (Å²) in [7, 11) is 0. The van der Waals surface area contributed by atoms with Gasteiger partial charge in [-0.1, -0.05) is 30.3 Å². The van der Waals surface area contributed by atoms with E-state index in [1.807, 2.05) is 41.3 Å². The molecule has 0 N–H and O–H groups in total. The number of aromatic nitrogens is 3. The van der Waals surface area contributed by atoms with Crippen LogP contribution in [0.5, 0.6) is 0 Å². The molecule has 1 amide bonds. The van der Waals surface area contributed by atoms with Crippen LogP contribution in [0.1, 0.15) is 29.0 Å². The molecule has 0 aliphatic carbocycles. The summed E-state index contributed by atoms with van der Waals surface area (Å²) in [5, 5.41) is 0. The van der Waals surface area contributed by atoms with Crippen molar-refractivity contribution >= 4 is 5.91 Å². The Balaban J connectivity index is 1.57. The van der Waals surface area contributed by atoms with Gasteiger partial charge in [0, 0.05) is 42.9 Å². The van der Waals surface area contributed by atoms with Crippen molar-refractivity contribution in [2.24, 2.45) is 0 Å². The van der Waals surface area contributed by atoms with Crippen LogP contribution in [0.3, 0.4) is 0 Å². The SMILES string of the molecule is C[C@@H]1c2cccn2CCN1C(=O)c1cnc(-c2ccccc2)nc1. The van der Waals surface area contributed by atoms with E-state index in [4.69, 9.17) is 0 Å². The number of hydrogen-bond acceptors (Lipinski definition) is 3. The molecule has 1 aliphatic heterocycles. The minimum absolute atomic E-state index is 0.0189. The van der Waals surface area contributed by atoms with Gasteiger partial charge in [-0.3, -0.25) is 4.79 Å². The molecule has 5 heteroatoms. The third-order valence-electron chi connectivity index (χ3n) is 4.53. The van der Waals surface area contributed by atoms with Crippen molar-refractivity contribution in [3.05, 3.63) is 72.3 Å². The van der Waals surface area contributed by atoms with Gasteiger partial charge in [0.1, 0.15) is 0 Å². The van der Waals surface area contributed by atoms with Crippen molar-refractivity contribution in [1.29, 1.82) is 0 Å². The van der Waals surface area contributed by atoms with E-state index in [-0.39, 0.29) is 11.9 Å². The molecule has 2 aromatic heterocycles. The number of nitrogens with zero attached hydrogens (tertiary/aromatic N) is 4. The average molecular weight is 318 g/mol. The topological polar surface area (TPSA) is 51.0 Å². The number of carbonyl (C=O) groups is 1. The molecule has 1 atom stereocenters. The smallest absolute Gasteiger partial charge is 0.257 e. The lowest BCUT2D eigenvalue weighted by atomic mass is 10.1. The Morgan fingerprint density at radius 1 is 1.04 bits per heavy atom. The summed E-state index contributed by atoms with van der Waals surface area (Å²) >= 11 is 0. The molecule has 0 radical (unpaired) electrons. The van der Waals surface area contributed by atoms with E-state index >= 15 is 0 Å². The molecule has 0 unspecified atom stereocenters. The lowest BCUT2D eigenvalue weighted by Gasteiger charge is -2.34. The minimum Gasteiger partial charge on any atom is -0.348 e. The lowest BCUT2D eigenvalue weighted by Crippen LogP contribution is -2.40.